The van der Waals surface area contributed by atoms with Crippen molar-refractivity contribution in [1.29, 1.82) is 0 Å². The molecule has 0 aliphatic heterocycles. The van der Waals surface area contributed by atoms with Crippen molar-refractivity contribution in [2.45, 2.75) is 26.5 Å². The molecule has 5 nitrogen and oxygen atoms in total. The Balaban J connectivity index is 2.58. The van der Waals surface area contributed by atoms with Crippen molar-refractivity contribution >= 4 is 16.9 Å². The number of hydrogen-bond acceptors (Lipinski definition) is 4. The van der Waals surface area contributed by atoms with E-state index in [0.717, 1.165) is 11.0 Å². The molecular formula is C10H14N4O. The second-order valence-electron chi connectivity index (χ2n) is 3.71. The van der Waals surface area contributed by atoms with Crippen LogP contribution in [-0.4, -0.2) is 25.7 Å². The summed E-state index contributed by atoms with van der Waals surface area (Å²) < 4.78 is 1.88. The molecule has 0 amide bonds. The van der Waals surface area contributed by atoms with Gasteiger partial charge < -0.3 is 15.4 Å². The van der Waals surface area contributed by atoms with Crippen molar-refractivity contribution in [3.63, 3.8) is 0 Å². The van der Waals surface area contributed by atoms with Crippen LogP contribution in [0.15, 0.2) is 12.3 Å². The lowest BCUT2D eigenvalue weighted by molar-refractivity contribution is 0.175. The van der Waals surface area contributed by atoms with E-state index in [0.29, 0.717) is 18.2 Å². The fraction of sp³-hybridized carbons (Fsp3) is 0.400. The van der Waals surface area contributed by atoms with Gasteiger partial charge in [0.1, 0.15) is 17.3 Å². The molecule has 0 aromatic carbocycles. The highest BCUT2D eigenvalue weighted by Gasteiger charge is 2.08. The molecule has 2 heterocycles. The number of nitrogens with two attached hydrogens (primary N) is 1. The topological polar surface area (TPSA) is 77.0 Å². The van der Waals surface area contributed by atoms with Gasteiger partial charge in [0.15, 0.2) is 0 Å². The summed E-state index contributed by atoms with van der Waals surface area (Å²) in [4.78, 5) is 8.40. The minimum atomic E-state index is -0.405. The predicted molar refractivity (Wildman–Crippen MR) is 58.4 cm³/mol. The van der Waals surface area contributed by atoms with Gasteiger partial charge in [-0.25, -0.2) is 9.97 Å². The van der Waals surface area contributed by atoms with Crippen LogP contribution in [0.3, 0.4) is 0 Å². The molecule has 2 aromatic heterocycles. The first-order valence-corrected chi connectivity index (χ1v) is 4.85. The van der Waals surface area contributed by atoms with Crippen molar-refractivity contribution < 1.29 is 5.11 Å². The van der Waals surface area contributed by atoms with Crippen LogP contribution in [0.5, 0.6) is 0 Å². The largest absolute Gasteiger partial charge is 0.392 e. The first kappa shape index (κ1) is 9.92. The van der Waals surface area contributed by atoms with Gasteiger partial charge in [0.05, 0.1) is 11.5 Å². The monoisotopic (exact) mass is 206 g/mol. The second-order valence-corrected chi connectivity index (χ2v) is 3.71. The van der Waals surface area contributed by atoms with Crippen molar-refractivity contribution in [2.24, 2.45) is 0 Å². The number of aliphatic hydroxyl groups excluding tert-OH is 1. The van der Waals surface area contributed by atoms with E-state index in [1.54, 1.807) is 13.8 Å². The molecule has 80 valence electrons. The predicted octanol–water partition coefficient (Wildman–Crippen LogP) is 0.703. The first-order valence-electron chi connectivity index (χ1n) is 4.85. The van der Waals surface area contributed by atoms with Gasteiger partial charge in [-0.2, -0.15) is 0 Å². The fourth-order valence-corrected chi connectivity index (χ4v) is 1.63. The highest BCUT2D eigenvalue weighted by atomic mass is 16.3. The molecule has 2 rings (SSSR count). The Labute approximate surface area is 87.6 Å². The molecule has 0 fully saturated rings. The molecule has 0 saturated heterocycles. The quantitative estimate of drug-likeness (QED) is 0.758. The lowest BCUT2D eigenvalue weighted by Gasteiger charge is -2.07. The summed E-state index contributed by atoms with van der Waals surface area (Å²) in [7, 11) is 0. The van der Waals surface area contributed by atoms with E-state index in [2.05, 4.69) is 9.97 Å². The summed E-state index contributed by atoms with van der Waals surface area (Å²) >= 11 is 0. The fourth-order valence-electron chi connectivity index (χ4n) is 1.63. The summed E-state index contributed by atoms with van der Waals surface area (Å²) in [6.45, 7) is 4.05. The van der Waals surface area contributed by atoms with Crippen molar-refractivity contribution in [3.05, 3.63) is 18.1 Å². The molecular weight excluding hydrogens is 192 g/mol. The van der Waals surface area contributed by atoms with Crippen molar-refractivity contribution in [3.8, 4) is 0 Å². The zero-order chi connectivity index (χ0) is 11.0. The second kappa shape index (κ2) is 3.51. The van der Waals surface area contributed by atoms with Crippen molar-refractivity contribution in [1.82, 2.24) is 14.5 Å². The number of rotatable bonds is 2. The van der Waals surface area contributed by atoms with E-state index in [1.165, 1.54) is 0 Å². The lowest BCUT2D eigenvalue weighted by Crippen LogP contribution is -2.11. The average Bonchev–Trinajstić information content (AvgIpc) is 2.48. The highest BCUT2D eigenvalue weighted by molar-refractivity contribution is 5.86. The van der Waals surface area contributed by atoms with Gasteiger partial charge in [0, 0.05) is 12.7 Å². The third kappa shape index (κ3) is 1.78. The molecule has 1 atom stereocenters. The summed E-state index contributed by atoms with van der Waals surface area (Å²) in [5.41, 5.74) is 6.55. The molecule has 0 unspecified atom stereocenters. The molecule has 0 radical (unpaired) electrons. The SMILES string of the molecule is Cc1nc(N)c2ccn(C[C@@H](C)O)c2n1. The summed E-state index contributed by atoms with van der Waals surface area (Å²) in [5, 5.41) is 10.2. The Morgan fingerprint density at radius 2 is 2.27 bits per heavy atom. The first-order chi connectivity index (χ1) is 7.08. The van der Waals surface area contributed by atoms with Crippen LogP contribution in [0.25, 0.3) is 11.0 Å². The number of nitrogen functional groups attached to an aromatic ring is 1. The summed E-state index contributed by atoms with van der Waals surface area (Å²) in [6, 6.07) is 1.87. The van der Waals surface area contributed by atoms with Crippen LogP contribution in [-0.2, 0) is 6.54 Å². The number of fused-ring (bicyclic) bond motifs is 1. The van der Waals surface area contributed by atoms with E-state index >= 15 is 0 Å². The molecule has 5 heteroatoms. The molecule has 0 aliphatic rings. The third-order valence-corrected chi connectivity index (χ3v) is 2.22. The molecule has 2 aromatic rings. The summed E-state index contributed by atoms with van der Waals surface area (Å²) in [6.07, 6.45) is 1.46. The maximum Gasteiger partial charge on any atom is 0.145 e. The Bertz CT molecular complexity index is 489. The molecule has 15 heavy (non-hydrogen) atoms. The molecule has 0 bridgehead atoms. The Morgan fingerprint density at radius 1 is 1.53 bits per heavy atom. The number of aromatic nitrogens is 3. The molecule has 0 aliphatic carbocycles. The smallest absolute Gasteiger partial charge is 0.145 e. The minimum absolute atomic E-state index is 0.405. The summed E-state index contributed by atoms with van der Waals surface area (Å²) in [5.74, 6) is 1.13. The molecule has 0 spiro atoms. The number of anilines is 1. The Hall–Kier alpha value is -1.62. The van der Waals surface area contributed by atoms with Crippen LogP contribution >= 0.6 is 0 Å². The van der Waals surface area contributed by atoms with Gasteiger partial charge in [0.2, 0.25) is 0 Å². The van der Waals surface area contributed by atoms with Gasteiger partial charge in [-0.05, 0) is 19.9 Å². The number of nitrogens with zero attached hydrogens (tertiary/aromatic N) is 3. The van der Waals surface area contributed by atoms with Crippen LogP contribution < -0.4 is 5.73 Å². The number of hydrogen-bond donors (Lipinski definition) is 2. The van der Waals surface area contributed by atoms with Crippen molar-refractivity contribution in [2.75, 3.05) is 5.73 Å². The lowest BCUT2D eigenvalue weighted by atomic mass is 10.3. The number of aliphatic hydroxyl groups is 1. The molecule has 0 saturated carbocycles. The van der Waals surface area contributed by atoms with Crippen LogP contribution in [0.2, 0.25) is 0 Å². The number of aryl methyl sites for hydroxylation is 1. The van der Waals surface area contributed by atoms with E-state index in [1.807, 2.05) is 16.8 Å². The maximum absolute atomic E-state index is 9.33. The maximum atomic E-state index is 9.33. The van der Waals surface area contributed by atoms with E-state index < -0.39 is 6.10 Å². The van der Waals surface area contributed by atoms with Crippen LogP contribution in [0.1, 0.15) is 12.7 Å². The Kier molecular flexibility index (Phi) is 2.32. The van der Waals surface area contributed by atoms with E-state index in [9.17, 15) is 5.11 Å². The normalized spacial score (nSPS) is 13.3. The standard InChI is InChI=1S/C10H14N4O/c1-6(15)5-14-4-3-8-9(11)12-7(2)13-10(8)14/h3-4,6,15H,5H2,1-2H3,(H2,11,12,13)/t6-/m1/s1. The van der Waals surface area contributed by atoms with Crippen LogP contribution in [0, 0.1) is 6.92 Å². The van der Waals surface area contributed by atoms with E-state index in [4.69, 9.17) is 5.73 Å². The van der Waals surface area contributed by atoms with Gasteiger partial charge in [-0.15, -0.1) is 0 Å². The minimum Gasteiger partial charge on any atom is -0.392 e. The van der Waals surface area contributed by atoms with Gasteiger partial charge in [0.25, 0.3) is 0 Å². The van der Waals surface area contributed by atoms with Gasteiger partial charge >= 0.3 is 0 Å². The zero-order valence-corrected chi connectivity index (χ0v) is 8.81. The molecule has 3 N–H and O–H groups in total. The zero-order valence-electron chi connectivity index (χ0n) is 8.81. The van der Waals surface area contributed by atoms with Gasteiger partial charge in [-0.3, -0.25) is 0 Å². The van der Waals surface area contributed by atoms with E-state index in [-0.39, 0.29) is 0 Å². The van der Waals surface area contributed by atoms with Crippen LogP contribution in [0.4, 0.5) is 5.82 Å². The average molecular weight is 206 g/mol. The Morgan fingerprint density at radius 3 is 2.93 bits per heavy atom. The van der Waals surface area contributed by atoms with Gasteiger partial charge in [-0.1, -0.05) is 0 Å². The third-order valence-electron chi connectivity index (χ3n) is 2.22. The highest BCUT2D eigenvalue weighted by Crippen LogP contribution is 2.19.